The number of amides is 2. The molecule has 0 bridgehead atoms. The van der Waals surface area contributed by atoms with E-state index in [9.17, 15) is 68.1 Å². The number of nitrogens with one attached hydrogen (secondary N) is 2. The fourth-order valence-corrected chi connectivity index (χ4v) is 10.0. The van der Waals surface area contributed by atoms with Gasteiger partial charge in [0.05, 0.1) is 19.5 Å². The number of aliphatic hydroxyl groups is 2. The number of nitrogens with zero attached hydrogens (tertiary/aromatic N) is 4. The highest BCUT2D eigenvalue weighted by molar-refractivity contribution is 8.29. The van der Waals surface area contributed by atoms with Crippen LogP contribution in [0.2, 0.25) is 0 Å². The summed E-state index contributed by atoms with van der Waals surface area (Å²) >= 11 is 0. The first-order valence-corrected chi connectivity index (χ1v) is 23.0. The second kappa shape index (κ2) is 19.4. The summed E-state index contributed by atoms with van der Waals surface area (Å²) < 4.78 is 62.2. The first-order chi connectivity index (χ1) is 27.3. The Hall–Kier alpha value is -3.62. The molecule has 3 heterocycles. The third kappa shape index (κ3) is 13.2. The van der Waals surface area contributed by atoms with E-state index in [-0.39, 0.29) is 53.1 Å². The van der Waals surface area contributed by atoms with Gasteiger partial charge in [0.2, 0.25) is 11.8 Å². The number of phosphoric ester groups is 3. The smallest absolute Gasteiger partial charge is 0.481 e. The predicted octanol–water partition coefficient (Wildman–Crippen LogP) is -0.577. The number of fused-ring (bicyclic) bond motifs is 1. The Balaban J connectivity index is 1.25. The molecule has 8 atom stereocenters. The average molecular weight is 920 g/mol. The van der Waals surface area contributed by atoms with Crippen molar-refractivity contribution in [2.24, 2.45) is 5.41 Å². The fraction of sp³-hybridized carbons (Fsp3) is 0.517. The molecule has 30 heteroatoms. The third-order valence-corrected chi connectivity index (χ3v) is 13.8. The van der Waals surface area contributed by atoms with Gasteiger partial charge in [-0.25, -0.2) is 28.6 Å². The number of hydrogen-bond donors (Lipinski definition) is 12. The number of hydrogen-bond acceptors (Lipinski definition) is 19. The van der Waals surface area contributed by atoms with Gasteiger partial charge >= 0.3 is 23.5 Å². The van der Waals surface area contributed by atoms with Crippen LogP contribution in [0.4, 0.5) is 5.82 Å². The maximum Gasteiger partial charge on any atom is 0.481 e. The highest BCUT2D eigenvalue weighted by atomic mass is 32.2. The van der Waals surface area contributed by atoms with Crippen LogP contribution in [0, 0.1) is 5.41 Å². The summed E-state index contributed by atoms with van der Waals surface area (Å²) in [5, 5.41) is 45.5. The molecule has 1 aliphatic rings. The van der Waals surface area contributed by atoms with Crippen LogP contribution in [0.1, 0.15) is 33.4 Å². The molecule has 0 aliphatic carbocycles. The van der Waals surface area contributed by atoms with Crippen molar-refractivity contribution in [3.63, 3.8) is 0 Å². The van der Waals surface area contributed by atoms with Crippen molar-refractivity contribution in [2.45, 2.75) is 62.7 Å². The Morgan fingerprint density at radius 3 is 2.34 bits per heavy atom. The van der Waals surface area contributed by atoms with E-state index in [1.54, 1.807) is 0 Å². The van der Waals surface area contributed by atoms with E-state index in [1.165, 1.54) is 39.0 Å². The van der Waals surface area contributed by atoms with Crippen molar-refractivity contribution in [2.75, 3.05) is 37.8 Å². The summed E-state index contributed by atoms with van der Waals surface area (Å²) in [6.45, 7) is 1.56. The Morgan fingerprint density at radius 2 is 1.69 bits per heavy atom. The molecule has 4 unspecified atom stereocenters. The van der Waals surface area contributed by atoms with Crippen LogP contribution in [0.3, 0.4) is 0 Å². The number of rotatable bonds is 20. The molecule has 26 nitrogen and oxygen atoms in total. The van der Waals surface area contributed by atoms with E-state index in [4.69, 9.17) is 19.5 Å². The van der Waals surface area contributed by atoms with Crippen LogP contribution in [0.25, 0.3) is 11.2 Å². The van der Waals surface area contributed by atoms with Crippen molar-refractivity contribution in [1.29, 1.82) is 0 Å². The van der Waals surface area contributed by atoms with Crippen LogP contribution in [-0.4, -0.2) is 133 Å². The van der Waals surface area contributed by atoms with Gasteiger partial charge < -0.3 is 61.1 Å². The van der Waals surface area contributed by atoms with Crippen molar-refractivity contribution in [3.05, 3.63) is 30.9 Å². The van der Waals surface area contributed by atoms with Crippen molar-refractivity contribution < 1.29 is 90.7 Å². The molecule has 4 rings (SSSR count). The van der Waals surface area contributed by atoms with E-state index in [2.05, 4.69) is 34.4 Å². The van der Waals surface area contributed by atoms with Gasteiger partial charge in [0.15, 0.2) is 34.3 Å². The van der Waals surface area contributed by atoms with Gasteiger partial charge in [-0.2, -0.15) is 15.2 Å². The molecule has 1 aromatic carbocycles. The molecule has 1 fully saturated rings. The minimum Gasteiger partial charge on any atom is -0.504 e. The number of thiol groups is 1. The lowest BCUT2D eigenvalue weighted by molar-refractivity contribution is -0.137. The molecule has 1 saturated heterocycles. The predicted molar refractivity (Wildman–Crippen MR) is 202 cm³/mol. The summed E-state index contributed by atoms with van der Waals surface area (Å²) in [7, 11) is -17.9. The van der Waals surface area contributed by atoms with Gasteiger partial charge in [-0.1, -0.05) is 13.8 Å². The zero-order valence-electron chi connectivity index (χ0n) is 31.2. The van der Waals surface area contributed by atoms with Gasteiger partial charge in [-0.05, 0) is 23.1 Å². The molecule has 0 spiro atoms. The molecular formula is C29H44N7O19P3S. The number of aromatic hydroxyl groups is 2. The number of imidazole rings is 1. The topological polar surface area (TPSA) is 404 Å². The molecule has 3 aromatic rings. The summed E-state index contributed by atoms with van der Waals surface area (Å²) in [5.41, 5.74) is 4.20. The maximum atomic E-state index is 12.7. The molecule has 12 N–H and O–H groups in total. The quantitative estimate of drug-likeness (QED) is 0.0383. The fourth-order valence-electron chi connectivity index (χ4n) is 5.39. The van der Waals surface area contributed by atoms with E-state index in [1.807, 2.05) is 0 Å². The second-order valence-corrected chi connectivity index (χ2v) is 20.1. The molecule has 0 saturated carbocycles. The number of aromatic nitrogens is 4. The van der Waals surface area contributed by atoms with Gasteiger partial charge in [0.25, 0.3) is 0 Å². The Morgan fingerprint density at radius 1 is 1.02 bits per heavy atom. The lowest BCUT2D eigenvalue weighted by Gasteiger charge is -2.30. The molecular weight excluding hydrogens is 875 g/mol. The van der Waals surface area contributed by atoms with Crippen molar-refractivity contribution >= 4 is 68.3 Å². The lowest BCUT2D eigenvalue weighted by Crippen LogP contribution is -2.46. The number of carbonyl (C=O) groups is 3. The standard InChI is InChI=1S/C29H44N7O19P3S/c1-15(37)59(16-4-5-17(38)18(39)10-16)9-8-31-20(40)6-7-32-27(43)24(42)29(2,3)12-52-58(49,50)55-57(47,48)51-11-19-23(54-56(44,45)46)22(41)28(53-19)36-14-35-21-25(30)33-13-34-26(21)36/h4-5,10,13-14,19,22-24,28,38-39,41-42,59H,6-9,11-12H2,1-3H3,(H,31,40)(H,32,43)(H,47,48)(H,49,50)(H2,30,33,34)(H2,44,45,46)/t19-,22-,23-,24?,28-/m1/s1. The molecule has 2 aromatic heterocycles. The zero-order chi connectivity index (χ0) is 44.1. The number of nitrogen functional groups attached to an aromatic ring is 1. The minimum absolute atomic E-state index is 0.0194. The number of ether oxygens (including phenoxy) is 1. The monoisotopic (exact) mass is 919 g/mol. The van der Waals surface area contributed by atoms with Crippen molar-refractivity contribution in [3.8, 4) is 11.5 Å². The number of aliphatic hydroxyl groups excluding tert-OH is 2. The maximum absolute atomic E-state index is 12.7. The zero-order valence-corrected chi connectivity index (χ0v) is 34.8. The normalized spacial score (nSPS) is 21.9. The van der Waals surface area contributed by atoms with Crippen molar-refractivity contribution in [1.82, 2.24) is 30.2 Å². The van der Waals surface area contributed by atoms with E-state index >= 15 is 0 Å². The number of benzene rings is 1. The molecule has 2 amide bonds. The van der Waals surface area contributed by atoms with Crippen LogP contribution >= 0.6 is 34.4 Å². The first-order valence-electron chi connectivity index (χ1n) is 17.0. The third-order valence-electron chi connectivity index (χ3n) is 8.39. The number of phosphoric acid groups is 3. The Bertz CT molecular complexity index is 2160. The van der Waals surface area contributed by atoms with E-state index in [0.717, 1.165) is 17.2 Å². The van der Waals surface area contributed by atoms with Crippen LogP contribution in [0.5, 0.6) is 11.5 Å². The Labute approximate surface area is 336 Å². The van der Waals surface area contributed by atoms with E-state index < -0.39 is 101 Å². The Kier molecular flexibility index (Phi) is 15.8. The van der Waals surface area contributed by atoms with Gasteiger partial charge in [0.1, 0.15) is 36.3 Å². The summed E-state index contributed by atoms with van der Waals surface area (Å²) in [6.07, 6.45) is -7.12. The van der Waals surface area contributed by atoms with Crippen LogP contribution in [0.15, 0.2) is 35.7 Å². The number of phenols is 2. The van der Waals surface area contributed by atoms with Crippen LogP contribution < -0.4 is 16.4 Å². The largest absolute Gasteiger partial charge is 0.504 e. The highest BCUT2D eigenvalue weighted by Gasteiger charge is 2.50. The molecule has 0 radical (unpaired) electrons. The summed E-state index contributed by atoms with van der Waals surface area (Å²) in [4.78, 5) is 88.6. The summed E-state index contributed by atoms with van der Waals surface area (Å²) in [5.74, 6) is -2.11. The lowest BCUT2D eigenvalue weighted by atomic mass is 9.87. The number of phenolic OH excluding ortho intramolecular Hbond substituents is 2. The van der Waals surface area contributed by atoms with Gasteiger partial charge in [-0.3, -0.25) is 32.5 Å². The highest BCUT2D eigenvalue weighted by Crippen LogP contribution is 2.61. The molecule has 59 heavy (non-hydrogen) atoms. The van der Waals surface area contributed by atoms with Gasteiger partial charge in [-0.15, -0.1) is 0 Å². The van der Waals surface area contributed by atoms with E-state index in [0.29, 0.717) is 4.90 Å². The minimum atomic E-state index is -5.60. The first kappa shape index (κ1) is 48.1. The molecule has 330 valence electrons. The number of carbonyl (C=O) groups excluding carboxylic acids is 3. The average Bonchev–Trinajstić information content (AvgIpc) is 3.69. The SMILES string of the molecule is CC(=O)[SH](CCNC(=O)CCNC(=O)C(O)C(C)(C)COP(=O)(O)OP(=O)(O)OC[C@H]1O[C@@H](n2cnc3c(N)ncnc32)[C@H](O)[C@@H]1OP(=O)(O)O)c1ccc(O)c(O)c1. The molecule has 1 aliphatic heterocycles. The second-order valence-electron chi connectivity index (χ2n) is 13.4. The number of anilines is 1. The summed E-state index contributed by atoms with van der Waals surface area (Å²) in [6, 6.07) is 4.01. The van der Waals surface area contributed by atoms with Crippen LogP contribution in [-0.2, 0) is 50.7 Å². The number of nitrogens with two attached hydrogens (primary N) is 1. The van der Waals surface area contributed by atoms with Gasteiger partial charge in [0, 0.05) is 37.6 Å².